The van der Waals surface area contributed by atoms with Gasteiger partial charge in [-0.15, -0.1) is 0 Å². The zero-order valence-corrected chi connectivity index (χ0v) is 10.3. The van der Waals surface area contributed by atoms with Gasteiger partial charge in [0.25, 0.3) is 0 Å². The lowest BCUT2D eigenvalue weighted by Gasteiger charge is -2.31. The largest absolute Gasteiger partial charge is 0.479 e. The molecule has 2 unspecified atom stereocenters. The molecule has 3 N–H and O–H groups in total. The van der Waals surface area contributed by atoms with Crippen LogP contribution in [0.3, 0.4) is 0 Å². The number of primary amides is 1. The van der Waals surface area contributed by atoms with Gasteiger partial charge >= 0.3 is 5.97 Å². The number of carboxylic acid groups (broad SMARTS) is 1. The summed E-state index contributed by atoms with van der Waals surface area (Å²) in [5, 5.41) is 8.61. The SMILES string of the molecule is CC(OCC(=O)N1CCCC(C(N)=O)C1)C(=O)O. The van der Waals surface area contributed by atoms with Crippen LogP contribution >= 0.6 is 0 Å². The van der Waals surface area contributed by atoms with Crippen LogP contribution in [0.4, 0.5) is 0 Å². The molecule has 0 radical (unpaired) electrons. The van der Waals surface area contributed by atoms with Crippen LogP contribution in [0.15, 0.2) is 0 Å². The molecule has 7 heteroatoms. The molecule has 0 aromatic rings. The standard InChI is InChI=1S/C11H18N2O5/c1-7(11(16)17)18-6-9(14)13-4-2-3-8(5-13)10(12)15/h7-8H,2-6H2,1H3,(H2,12,15)(H,16,17). The summed E-state index contributed by atoms with van der Waals surface area (Å²) in [6.07, 6.45) is 0.380. The molecule has 7 nitrogen and oxygen atoms in total. The third-order valence-corrected chi connectivity index (χ3v) is 2.98. The second kappa shape index (κ2) is 6.34. The van der Waals surface area contributed by atoms with Crippen LogP contribution < -0.4 is 5.73 Å². The van der Waals surface area contributed by atoms with Crippen LogP contribution in [-0.2, 0) is 19.1 Å². The van der Waals surface area contributed by atoms with Gasteiger partial charge in [-0.05, 0) is 19.8 Å². The molecule has 0 aliphatic carbocycles. The Hall–Kier alpha value is -1.63. The molecule has 1 fully saturated rings. The fraction of sp³-hybridized carbons (Fsp3) is 0.727. The van der Waals surface area contributed by atoms with Gasteiger partial charge in [-0.1, -0.05) is 0 Å². The lowest BCUT2D eigenvalue weighted by atomic mass is 9.97. The average molecular weight is 258 g/mol. The summed E-state index contributed by atoms with van der Waals surface area (Å²) in [7, 11) is 0. The summed E-state index contributed by atoms with van der Waals surface area (Å²) in [5.74, 6) is -2.16. The second-order valence-corrected chi connectivity index (χ2v) is 4.37. The maximum Gasteiger partial charge on any atom is 0.332 e. The lowest BCUT2D eigenvalue weighted by molar-refractivity contribution is -0.153. The van der Waals surface area contributed by atoms with E-state index in [1.807, 2.05) is 0 Å². The zero-order valence-electron chi connectivity index (χ0n) is 10.3. The van der Waals surface area contributed by atoms with Crippen LogP contribution in [0.5, 0.6) is 0 Å². The Labute approximate surface area is 105 Å². The van der Waals surface area contributed by atoms with E-state index < -0.39 is 18.0 Å². The topological polar surface area (TPSA) is 110 Å². The first-order chi connectivity index (χ1) is 8.41. The van der Waals surface area contributed by atoms with E-state index in [4.69, 9.17) is 15.6 Å². The number of carbonyl (C=O) groups excluding carboxylic acids is 2. The highest BCUT2D eigenvalue weighted by Gasteiger charge is 2.27. The molecule has 0 spiro atoms. The van der Waals surface area contributed by atoms with E-state index in [1.165, 1.54) is 11.8 Å². The fourth-order valence-electron chi connectivity index (χ4n) is 1.79. The van der Waals surface area contributed by atoms with E-state index in [0.29, 0.717) is 25.9 Å². The molecule has 1 aliphatic rings. The molecule has 1 heterocycles. The first-order valence-corrected chi connectivity index (χ1v) is 5.83. The predicted molar refractivity (Wildman–Crippen MR) is 61.5 cm³/mol. The number of nitrogens with two attached hydrogens (primary N) is 1. The minimum atomic E-state index is -1.11. The molecule has 1 saturated heterocycles. The Morgan fingerprint density at radius 1 is 1.50 bits per heavy atom. The maximum absolute atomic E-state index is 11.7. The maximum atomic E-state index is 11.7. The van der Waals surface area contributed by atoms with Crippen molar-refractivity contribution >= 4 is 17.8 Å². The minimum Gasteiger partial charge on any atom is -0.479 e. The monoisotopic (exact) mass is 258 g/mol. The summed E-state index contributed by atoms with van der Waals surface area (Å²) in [6, 6.07) is 0. The molecule has 18 heavy (non-hydrogen) atoms. The van der Waals surface area contributed by atoms with Crippen LogP contribution in [0, 0.1) is 5.92 Å². The first kappa shape index (κ1) is 14.4. The van der Waals surface area contributed by atoms with Gasteiger partial charge < -0.3 is 20.5 Å². The number of aliphatic carboxylic acids is 1. The van der Waals surface area contributed by atoms with E-state index in [-0.39, 0.29) is 18.4 Å². The van der Waals surface area contributed by atoms with Gasteiger partial charge in [-0.3, -0.25) is 9.59 Å². The van der Waals surface area contributed by atoms with Crippen LogP contribution in [0.1, 0.15) is 19.8 Å². The molecule has 0 aromatic carbocycles. The van der Waals surface area contributed by atoms with E-state index in [9.17, 15) is 14.4 Å². The van der Waals surface area contributed by atoms with Gasteiger partial charge in [0, 0.05) is 13.1 Å². The van der Waals surface area contributed by atoms with Crippen LogP contribution in [0.25, 0.3) is 0 Å². The highest BCUT2D eigenvalue weighted by Crippen LogP contribution is 2.16. The molecule has 102 valence electrons. The number of carboxylic acids is 1. The van der Waals surface area contributed by atoms with Gasteiger partial charge in [0.05, 0.1) is 5.92 Å². The minimum absolute atomic E-state index is 0.291. The Kier molecular flexibility index (Phi) is 5.08. The third kappa shape index (κ3) is 3.99. The number of likely N-dealkylation sites (tertiary alicyclic amines) is 1. The number of amides is 2. The summed E-state index contributed by atoms with van der Waals surface area (Å²) in [5.41, 5.74) is 5.21. The molecule has 0 aromatic heterocycles. The molecular formula is C11H18N2O5. The normalized spacial score (nSPS) is 21.4. The number of nitrogens with zero attached hydrogens (tertiary/aromatic N) is 1. The van der Waals surface area contributed by atoms with Crippen molar-refractivity contribution in [1.82, 2.24) is 4.90 Å². The van der Waals surface area contributed by atoms with Gasteiger partial charge in [-0.25, -0.2) is 4.79 Å². The Morgan fingerprint density at radius 3 is 2.72 bits per heavy atom. The predicted octanol–water partition coefficient (Wildman–Crippen LogP) is -0.800. The van der Waals surface area contributed by atoms with Crippen molar-refractivity contribution in [2.75, 3.05) is 19.7 Å². The van der Waals surface area contributed by atoms with Crippen molar-refractivity contribution in [2.24, 2.45) is 11.7 Å². The fourth-order valence-corrected chi connectivity index (χ4v) is 1.79. The quantitative estimate of drug-likeness (QED) is 0.670. The van der Waals surface area contributed by atoms with Crippen molar-refractivity contribution in [2.45, 2.75) is 25.9 Å². The summed E-state index contributed by atoms with van der Waals surface area (Å²) < 4.78 is 4.91. The summed E-state index contributed by atoms with van der Waals surface area (Å²) in [4.78, 5) is 34.8. The Bertz CT molecular complexity index is 344. The lowest BCUT2D eigenvalue weighted by Crippen LogP contribution is -2.45. The summed E-state index contributed by atoms with van der Waals surface area (Å²) in [6.45, 7) is 1.91. The van der Waals surface area contributed by atoms with Crippen molar-refractivity contribution < 1.29 is 24.2 Å². The molecule has 0 saturated carbocycles. The highest BCUT2D eigenvalue weighted by atomic mass is 16.5. The average Bonchev–Trinajstić information content (AvgIpc) is 2.35. The van der Waals surface area contributed by atoms with Gasteiger partial charge in [0.1, 0.15) is 6.61 Å². The van der Waals surface area contributed by atoms with Crippen molar-refractivity contribution in [3.63, 3.8) is 0 Å². The number of rotatable bonds is 5. The number of hydrogen-bond donors (Lipinski definition) is 2. The first-order valence-electron chi connectivity index (χ1n) is 5.83. The molecule has 2 amide bonds. The van der Waals surface area contributed by atoms with Gasteiger partial charge in [0.15, 0.2) is 6.10 Å². The van der Waals surface area contributed by atoms with Crippen molar-refractivity contribution in [1.29, 1.82) is 0 Å². The van der Waals surface area contributed by atoms with Crippen LogP contribution in [-0.4, -0.2) is 53.6 Å². The Morgan fingerprint density at radius 2 is 2.17 bits per heavy atom. The zero-order chi connectivity index (χ0) is 13.7. The Balaban J connectivity index is 2.42. The second-order valence-electron chi connectivity index (χ2n) is 4.37. The molecular weight excluding hydrogens is 240 g/mol. The number of ether oxygens (including phenoxy) is 1. The molecule has 0 bridgehead atoms. The number of hydrogen-bond acceptors (Lipinski definition) is 4. The van der Waals surface area contributed by atoms with Gasteiger partial charge in [-0.2, -0.15) is 0 Å². The van der Waals surface area contributed by atoms with E-state index in [1.54, 1.807) is 0 Å². The van der Waals surface area contributed by atoms with Crippen molar-refractivity contribution in [3.05, 3.63) is 0 Å². The van der Waals surface area contributed by atoms with E-state index in [0.717, 1.165) is 0 Å². The summed E-state index contributed by atoms with van der Waals surface area (Å²) >= 11 is 0. The highest BCUT2D eigenvalue weighted by molar-refractivity contribution is 5.81. The molecule has 2 atom stereocenters. The van der Waals surface area contributed by atoms with Crippen LogP contribution in [0.2, 0.25) is 0 Å². The number of carbonyl (C=O) groups is 3. The van der Waals surface area contributed by atoms with E-state index in [2.05, 4.69) is 0 Å². The number of piperidine rings is 1. The molecule has 1 aliphatic heterocycles. The molecule has 1 rings (SSSR count). The van der Waals surface area contributed by atoms with Crippen molar-refractivity contribution in [3.8, 4) is 0 Å². The van der Waals surface area contributed by atoms with E-state index >= 15 is 0 Å². The smallest absolute Gasteiger partial charge is 0.332 e. The third-order valence-electron chi connectivity index (χ3n) is 2.98. The van der Waals surface area contributed by atoms with Gasteiger partial charge in [0.2, 0.25) is 11.8 Å².